The van der Waals surface area contributed by atoms with E-state index in [-0.39, 0.29) is 18.1 Å². The minimum Gasteiger partial charge on any atom is -0.493 e. The Kier molecular flexibility index (Phi) is 11.5. The van der Waals surface area contributed by atoms with Gasteiger partial charge >= 0.3 is 12.1 Å². The van der Waals surface area contributed by atoms with Crippen LogP contribution in [0.1, 0.15) is 80.7 Å². The van der Waals surface area contributed by atoms with Gasteiger partial charge in [-0.15, -0.1) is 0 Å². The van der Waals surface area contributed by atoms with E-state index in [2.05, 4.69) is 0 Å². The summed E-state index contributed by atoms with van der Waals surface area (Å²) >= 11 is 0. The summed E-state index contributed by atoms with van der Waals surface area (Å²) < 4.78 is 55.6. The first-order chi connectivity index (χ1) is 21.4. The van der Waals surface area contributed by atoms with E-state index in [1.165, 1.54) is 18.2 Å². The maximum Gasteiger partial charge on any atom is 0.417 e. The molecule has 45 heavy (non-hydrogen) atoms. The number of alkyl halides is 3. The molecule has 0 bridgehead atoms. The highest BCUT2D eigenvalue weighted by Gasteiger charge is 2.36. The monoisotopic (exact) mass is 622 g/mol. The number of carbonyl (C=O) groups excluding carboxylic acids is 1. The third-order valence-electron chi connectivity index (χ3n) is 7.96. The van der Waals surface area contributed by atoms with E-state index < -0.39 is 23.4 Å². The van der Waals surface area contributed by atoms with Gasteiger partial charge in [0.15, 0.2) is 0 Å². The lowest BCUT2D eigenvalue weighted by Gasteiger charge is -2.36. The van der Waals surface area contributed by atoms with Crippen molar-refractivity contribution in [2.24, 2.45) is 5.73 Å². The smallest absolute Gasteiger partial charge is 0.417 e. The molecule has 1 aliphatic rings. The lowest BCUT2D eigenvalue weighted by atomic mass is 9.95. The third kappa shape index (κ3) is 9.44. The highest BCUT2D eigenvalue weighted by molar-refractivity contribution is 5.79. The molecule has 3 aromatic rings. The summed E-state index contributed by atoms with van der Waals surface area (Å²) in [6.07, 6.45) is 2.36. The van der Waals surface area contributed by atoms with Crippen LogP contribution >= 0.6 is 0 Å². The Labute approximate surface area is 265 Å². The number of rotatable bonds is 11. The fourth-order valence-corrected chi connectivity index (χ4v) is 5.69. The van der Waals surface area contributed by atoms with Crippen molar-refractivity contribution in [2.75, 3.05) is 19.7 Å². The van der Waals surface area contributed by atoms with Crippen molar-refractivity contribution in [1.82, 2.24) is 4.90 Å². The second kappa shape index (κ2) is 15.1. The Hall–Kier alpha value is -3.62. The second-order valence-electron chi connectivity index (χ2n) is 12.6. The predicted octanol–water partition coefficient (Wildman–Crippen LogP) is 8.67. The van der Waals surface area contributed by atoms with Gasteiger partial charge in [0.25, 0.3) is 0 Å². The van der Waals surface area contributed by atoms with Crippen LogP contribution in [-0.4, -0.2) is 42.2 Å². The largest absolute Gasteiger partial charge is 0.493 e. The Morgan fingerprint density at radius 2 is 1.71 bits per heavy atom. The van der Waals surface area contributed by atoms with Gasteiger partial charge in [0.1, 0.15) is 17.4 Å². The minimum atomic E-state index is -4.60. The van der Waals surface area contributed by atoms with Gasteiger partial charge in [0, 0.05) is 12.1 Å². The molecule has 242 valence electrons. The Morgan fingerprint density at radius 3 is 2.40 bits per heavy atom. The topological polar surface area (TPSA) is 64.8 Å². The van der Waals surface area contributed by atoms with Crippen LogP contribution in [0.5, 0.6) is 5.75 Å². The fourth-order valence-electron chi connectivity index (χ4n) is 5.69. The van der Waals surface area contributed by atoms with Crippen LogP contribution < -0.4 is 10.5 Å². The molecule has 0 aliphatic carbocycles. The van der Waals surface area contributed by atoms with Crippen molar-refractivity contribution >= 4 is 18.1 Å². The number of hydrogen-bond donors (Lipinski definition) is 1. The van der Waals surface area contributed by atoms with Gasteiger partial charge in [-0.2, -0.15) is 13.2 Å². The summed E-state index contributed by atoms with van der Waals surface area (Å²) in [6.45, 7) is 8.96. The number of carbonyl (C=O) groups is 1. The van der Waals surface area contributed by atoms with Crippen LogP contribution in [0.4, 0.5) is 13.2 Å². The number of nitrogens with zero attached hydrogens (tertiary/aromatic N) is 1. The molecule has 0 amide bonds. The van der Waals surface area contributed by atoms with Gasteiger partial charge in [0.2, 0.25) is 0 Å². The molecule has 0 spiro atoms. The summed E-state index contributed by atoms with van der Waals surface area (Å²) in [4.78, 5) is 15.0. The van der Waals surface area contributed by atoms with E-state index in [4.69, 9.17) is 15.2 Å². The van der Waals surface area contributed by atoms with Crippen LogP contribution in [0.2, 0.25) is 0 Å². The number of piperidine rings is 1. The van der Waals surface area contributed by atoms with E-state index >= 15 is 0 Å². The van der Waals surface area contributed by atoms with E-state index in [1.54, 1.807) is 6.08 Å². The zero-order chi connectivity index (χ0) is 32.6. The highest BCUT2D eigenvalue weighted by atomic mass is 19.4. The van der Waals surface area contributed by atoms with Crippen LogP contribution in [0.3, 0.4) is 0 Å². The Balaban J connectivity index is 1.72. The molecule has 1 aliphatic heterocycles. The van der Waals surface area contributed by atoms with Crippen molar-refractivity contribution in [3.05, 3.63) is 88.5 Å². The molecule has 8 heteroatoms. The molecule has 1 heterocycles. The number of ether oxygens (including phenoxy) is 2. The molecular weight excluding hydrogens is 577 g/mol. The third-order valence-corrected chi connectivity index (χ3v) is 7.96. The zero-order valence-electron chi connectivity index (χ0n) is 26.8. The van der Waals surface area contributed by atoms with E-state index in [0.29, 0.717) is 43.9 Å². The van der Waals surface area contributed by atoms with Crippen molar-refractivity contribution in [3.63, 3.8) is 0 Å². The summed E-state index contributed by atoms with van der Waals surface area (Å²) in [7, 11) is 0. The quantitative estimate of drug-likeness (QED) is 0.132. The van der Waals surface area contributed by atoms with Gasteiger partial charge in [-0.05, 0) is 106 Å². The Bertz CT molecular complexity index is 1460. The molecule has 5 nitrogen and oxygen atoms in total. The van der Waals surface area contributed by atoms with Crippen LogP contribution in [0.15, 0.2) is 60.7 Å². The van der Waals surface area contributed by atoms with Crippen molar-refractivity contribution in [1.29, 1.82) is 0 Å². The van der Waals surface area contributed by atoms with Crippen molar-refractivity contribution in [2.45, 2.75) is 84.2 Å². The number of likely N-dealkylation sites (tertiary alicyclic amines) is 1. The van der Waals surface area contributed by atoms with Gasteiger partial charge in [0.05, 0.1) is 12.2 Å². The predicted molar refractivity (Wildman–Crippen MR) is 175 cm³/mol. The summed E-state index contributed by atoms with van der Waals surface area (Å²) in [5.41, 5.74) is 8.53. The first kappa shape index (κ1) is 34.3. The van der Waals surface area contributed by atoms with Gasteiger partial charge < -0.3 is 15.2 Å². The van der Waals surface area contributed by atoms with Gasteiger partial charge in [-0.1, -0.05) is 67.1 Å². The molecule has 4 rings (SSSR count). The normalized spacial score (nSPS) is 16.2. The molecule has 3 aromatic carbocycles. The second-order valence-corrected chi connectivity index (χ2v) is 12.6. The lowest BCUT2D eigenvalue weighted by Crippen LogP contribution is -2.46. The summed E-state index contributed by atoms with van der Waals surface area (Å²) in [5, 5.41) is 0. The number of esters is 1. The molecule has 1 fully saturated rings. The molecule has 0 radical (unpaired) electrons. The average molecular weight is 623 g/mol. The van der Waals surface area contributed by atoms with Gasteiger partial charge in [-0.3, -0.25) is 9.69 Å². The SMILES string of the molecule is Cc1c(/C=C/c2cc(OCCCCN)c(CN3CCCC[C@H]3C(=O)OC(C)(C)C)cc2C(F)(F)F)cccc1-c1ccccc1. The van der Waals surface area contributed by atoms with Crippen molar-refractivity contribution in [3.8, 4) is 16.9 Å². The maximum absolute atomic E-state index is 14.6. The number of unbranched alkanes of at least 4 members (excludes halogenated alkanes) is 1. The van der Waals surface area contributed by atoms with Crippen LogP contribution in [0.25, 0.3) is 23.3 Å². The fraction of sp³-hybridized carbons (Fsp3) is 0.432. The maximum atomic E-state index is 14.6. The molecule has 0 aromatic heterocycles. The van der Waals surface area contributed by atoms with E-state index in [9.17, 15) is 18.0 Å². The first-order valence-electron chi connectivity index (χ1n) is 15.7. The van der Waals surface area contributed by atoms with E-state index in [1.807, 2.05) is 81.1 Å². The number of halogens is 3. The molecule has 1 atom stereocenters. The summed E-state index contributed by atoms with van der Waals surface area (Å²) in [6, 6.07) is 17.9. The minimum absolute atomic E-state index is 0.0203. The molecule has 2 N–H and O–H groups in total. The van der Waals surface area contributed by atoms with Crippen LogP contribution in [-0.2, 0) is 22.3 Å². The Morgan fingerprint density at radius 1 is 0.978 bits per heavy atom. The highest BCUT2D eigenvalue weighted by Crippen LogP contribution is 2.38. The molecule has 0 unspecified atom stereocenters. The van der Waals surface area contributed by atoms with Gasteiger partial charge in [-0.25, -0.2) is 0 Å². The molecule has 1 saturated heterocycles. The zero-order valence-corrected chi connectivity index (χ0v) is 26.8. The average Bonchev–Trinajstić information content (AvgIpc) is 2.99. The van der Waals surface area contributed by atoms with Crippen LogP contribution in [0, 0.1) is 6.92 Å². The lowest BCUT2D eigenvalue weighted by molar-refractivity contribution is -0.163. The van der Waals surface area contributed by atoms with Crippen molar-refractivity contribution < 1.29 is 27.4 Å². The molecular formula is C37H45F3N2O3. The standard InChI is InChI=1S/C37H45F3N2O3/c1-26-27(15-12-16-31(26)28-13-6-5-7-14-28)18-19-29-24-34(44-22-11-9-20-41)30(23-32(29)37(38,39)40)25-42-21-10-8-17-33(42)35(43)45-36(2,3)4/h5-7,12-16,18-19,23-24,33H,8-11,17,20-22,25,41H2,1-4H3/b19-18+/t33-/m0/s1. The number of nitrogens with two attached hydrogens (primary N) is 1. The number of hydrogen-bond acceptors (Lipinski definition) is 5. The first-order valence-corrected chi connectivity index (χ1v) is 15.7. The summed E-state index contributed by atoms with van der Waals surface area (Å²) in [5.74, 6) is 0.0271. The number of benzene rings is 3. The molecule has 0 saturated carbocycles. The van der Waals surface area contributed by atoms with E-state index in [0.717, 1.165) is 41.5 Å².